The number of carbonyl (C=O) groups is 1. The Bertz CT molecular complexity index is 1170. The maximum Gasteiger partial charge on any atom is 0.241 e. The van der Waals surface area contributed by atoms with E-state index in [1.54, 1.807) is 30.3 Å². The summed E-state index contributed by atoms with van der Waals surface area (Å²) in [7, 11) is -3.89. The molecule has 3 N–H and O–H groups in total. The Balaban J connectivity index is 1.80. The second-order valence-corrected chi connectivity index (χ2v) is 10.2. The zero-order valence-electron chi connectivity index (χ0n) is 18.6. The highest BCUT2D eigenvalue weighted by Gasteiger charge is 2.42. The van der Waals surface area contributed by atoms with Crippen molar-refractivity contribution in [3.63, 3.8) is 0 Å². The van der Waals surface area contributed by atoms with Crippen LogP contribution >= 0.6 is 0 Å². The Hall–Kier alpha value is -3.00. The zero-order valence-corrected chi connectivity index (χ0v) is 19.4. The van der Waals surface area contributed by atoms with Crippen molar-refractivity contribution < 1.29 is 13.2 Å². The highest BCUT2D eigenvalue weighted by molar-refractivity contribution is 7.89. The van der Waals surface area contributed by atoms with Crippen LogP contribution in [0.2, 0.25) is 0 Å². The molecule has 1 heterocycles. The Labute approximate surface area is 195 Å². The van der Waals surface area contributed by atoms with E-state index in [0.717, 1.165) is 30.5 Å². The van der Waals surface area contributed by atoms with Crippen molar-refractivity contribution in [2.24, 2.45) is 0 Å². The van der Waals surface area contributed by atoms with Crippen LogP contribution in [0.1, 0.15) is 36.9 Å². The Morgan fingerprint density at radius 1 is 0.939 bits per heavy atom. The third-order valence-electron chi connectivity index (χ3n) is 6.15. The fraction of sp³-hybridized carbons (Fsp3) is 0.269. The van der Waals surface area contributed by atoms with Crippen molar-refractivity contribution in [3.8, 4) is 0 Å². The van der Waals surface area contributed by atoms with Crippen molar-refractivity contribution in [1.29, 1.82) is 0 Å². The molecular formula is C26H29N3O3S. The van der Waals surface area contributed by atoms with E-state index >= 15 is 0 Å². The molecule has 7 heteroatoms. The van der Waals surface area contributed by atoms with Crippen LogP contribution in [-0.2, 0) is 20.4 Å². The number of rotatable bonds is 8. The van der Waals surface area contributed by atoms with Crippen molar-refractivity contribution in [1.82, 2.24) is 15.4 Å². The number of sulfonamides is 1. The molecule has 33 heavy (non-hydrogen) atoms. The lowest BCUT2D eigenvalue weighted by molar-refractivity contribution is -0.124. The summed E-state index contributed by atoms with van der Waals surface area (Å²) < 4.78 is 29.9. The lowest BCUT2D eigenvalue weighted by atomic mass is 9.81. The van der Waals surface area contributed by atoms with Crippen molar-refractivity contribution >= 4 is 15.9 Å². The number of hydrogen-bond acceptors (Lipinski definition) is 4. The molecular weight excluding hydrogens is 434 g/mol. The van der Waals surface area contributed by atoms with Gasteiger partial charge in [-0.05, 0) is 49.6 Å². The van der Waals surface area contributed by atoms with Gasteiger partial charge in [0.1, 0.15) is 0 Å². The molecule has 4 rings (SSSR count). The van der Waals surface area contributed by atoms with E-state index in [1.807, 2.05) is 67.6 Å². The van der Waals surface area contributed by atoms with E-state index in [1.165, 1.54) is 0 Å². The number of carbonyl (C=O) groups excluding carboxylic acids is 1. The zero-order chi connectivity index (χ0) is 23.3. The van der Waals surface area contributed by atoms with Crippen LogP contribution in [0, 0.1) is 0 Å². The SMILES string of the molecule is C[C@](NS(=O)(=O)c1ccccc1)(c1ccccc1)[C@@H](NC(=O)[C@@H]1CCCN1)c1ccccc1. The number of hydrogen-bond donors (Lipinski definition) is 3. The fourth-order valence-electron chi connectivity index (χ4n) is 4.36. The molecule has 6 nitrogen and oxygen atoms in total. The highest BCUT2D eigenvalue weighted by Crippen LogP contribution is 2.37. The molecule has 1 amide bonds. The Morgan fingerprint density at radius 2 is 1.52 bits per heavy atom. The summed E-state index contributed by atoms with van der Waals surface area (Å²) in [6.45, 7) is 2.62. The van der Waals surface area contributed by atoms with Gasteiger partial charge in [0.05, 0.1) is 22.5 Å². The first-order chi connectivity index (χ1) is 15.9. The first-order valence-corrected chi connectivity index (χ1v) is 12.6. The molecule has 0 bridgehead atoms. The van der Waals surface area contributed by atoms with E-state index in [-0.39, 0.29) is 16.8 Å². The Kier molecular flexibility index (Phi) is 6.93. The van der Waals surface area contributed by atoms with Gasteiger partial charge in [-0.15, -0.1) is 0 Å². The van der Waals surface area contributed by atoms with Gasteiger partial charge in [-0.3, -0.25) is 4.79 Å². The molecule has 0 radical (unpaired) electrons. The predicted molar refractivity (Wildman–Crippen MR) is 129 cm³/mol. The van der Waals surface area contributed by atoms with Crippen LogP contribution in [0.4, 0.5) is 0 Å². The van der Waals surface area contributed by atoms with E-state index in [4.69, 9.17) is 0 Å². The minimum atomic E-state index is -3.89. The summed E-state index contributed by atoms with van der Waals surface area (Å²) in [6.07, 6.45) is 1.69. The number of nitrogens with one attached hydrogen (secondary N) is 3. The smallest absolute Gasteiger partial charge is 0.241 e. The largest absolute Gasteiger partial charge is 0.346 e. The number of benzene rings is 3. The molecule has 3 aromatic carbocycles. The topological polar surface area (TPSA) is 87.3 Å². The van der Waals surface area contributed by atoms with Gasteiger partial charge < -0.3 is 10.6 Å². The first kappa shape index (κ1) is 23.2. The summed E-state index contributed by atoms with van der Waals surface area (Å²) in [6, 6.07) is 26.2. The van der Waals surface area contributed by atoms with Gasteiger partial charge in [0.25, 0.3) is 0 Å². The molecule has 0 aromatic heterocycles. The molecule has 3 atom stereocenters. The monoisotopic (exact) mass is 463 g/mol. The molecule has 1 aliphatic rings. The van der Waals surface area contributed by atoms with Gasteiger partial charge in [-0.25, -0.2) is 8.42 Å². The van der Waals surface area contributed by atoms with E-state index in [9.17, 15) is 13.2 Å². The summed E-state index contributed by atoms with van der Waals surface area (Å²) >= 11 is 0. The summed E-state index contributed by atoms with van der Waals surface area (Å²) in [5.41, 5.74) is 0.398. The van der Waals surface area contributed by atoms with Crippen LogP contribution < -0.4 is 15.4 Å². The summed E-state index contributed by atoms with van der Waals surface area (Å²) in [5.74, 6) is -0.137. The normalized spacial score (nSPS) is 18.9. The minimum Gasteiger partial charge on any atom is -0.346 e. The Morgan fingerprint density at radius 3 is 2.09 bits per heavy atom. The molecule has 1 aliphatic heterocycles. The molecule has 0 saturated carbocycles. The van der Waals surface area contributed by atoms with Gasteiger partial charge in [0.15, 0.2) is 0 Å². The van der Waals surface area contributed by atoms with Gasteiger partial charge >= 0.3 is 0 Å². The average molecular weight is 464 g/mol. The second-order valence-electron chi connectivity index (χ2n) is 8.49. The second kappa shape index (κ2) is 9.87. The third-order valence-corrected chi connectivity index (χ3v) is 7.73. The van der Waals surface area contributed by atoms with Gasteiger partial charge in [0.2, 0.25) is 15.9 Å². The molecule has 1 fully saturated rings. The van der Waals surface area contributed by atoms with Gasteiger partial charge in [-0.1, -0.05) is 78.9 Å². The molecule has 0 spiro atoms. The summed E-state index contributed by atoms with van der Waals surface area (Å²) in [4.78, 5) is 13.4. The van der Waals surface area contributed by atoms with Crippen LogP contribution in [0.3, 0.4) is 0 Å². The molecule has 172 valence electrons. The fourth-order valence-corrected chi connectivity index (χ4v) is 5.79. The number of amides is 1. The van der Waals surface area contributed by atoms with Crippen molar-refractivity contribution in [3.05, 3.63) is 102 Å². The average Bonchev–Trinajstić information content (AvgIpc) is 3.39. The standard InChI is InChI=1S/C26H29N3O3S/c1-26(21-14-7-3-8-15-21,29-33(31,32)22-16-9-4-10-17-22)24(20-12-5-2-6-13-20)28-25(30)23-18-11-19-27-23/h2-10,12-17,23-24,27,29H,11,18-19H2,1H3,(H,28,30)/t23-,24-,26-/m0/s1. The van der Waals surface area contributed by atoms with E-state index < -0.39 is 21.6 Å². The van der Waals surface area contributed by atoms with E-state index in [2.05, 4.69) is 15.4 Å². The van der Waals surface area contributed by atoms with Crippen LogP contribution in [-0.4, -0.2) is 26.9 Å². The maximum atomic E-state index is 13.5. The molecule has 1 saturated heterocycles. The molecule has 0 unspecified atom stereocenters. The lowest BCUT2D eigenvalue weighted by Crippen LogP contribution is -2.55. The van der Waals surface area contributed by atoms with Gasteiger partial charge in [-0.2, -0.15) is 4.72 Å². The van der Waals surface area contributed by atoms with Crippen LogP contribution in [0.25, 0.3) is 0 Å². The van der Waals surface area contributed by atoms with Crippen molar-refractivity contribution in [2.75, 3.05) is 6.54 Å². The molecule has 3 aromatic rings. The minimum absolute atomic E-state index is 0.137. The van der Waals surface area contributed by atoms with E-state index in [0.29, 0.717) is 0 Å². The first-order valence-electron chi connectivity index (χ1n) is 11.1. The maximum absolute atomic E-state index is 13.5. The predicted octanol–water partition coefficient (Wildman–Crippen LogP) is 3.49. The third kappa shape index (κ3) is 5.16. The van der Waals surface area contributed by atoms with Gasteiger partial charge in [0, 0.05) is 0 Å². The van der Waals surface area contributed by atoms with Crippen LogP contribution in [0.5, 0.6) is 0 Å². The quantitative estimate of drug-likeness (QED) is 0.477. The lowest BCUT2D eigenvalue weighted by Gasteiger charge is -2.40. The van der Waals surface area contributed by atoms with Crippen LogP contribution in [0.15, 0.2) is 95.9 Å². The van der Waals surface area contributed by atoms with Crippen molar-refractivity contribution in [2.45, 2.75) is 42.3 Å². The molecule has 0 aliphatic carbocycles. The highest BCUT2D eigenvalue weighted by atomic mass is 32.2. The summed E-state index contributed by atoms with van der Waals surface area (Å²) in [5, 5.41) is 6.39.